The summed E-state index contributed by atoms with van der Waals surface area (Å²) in [6.07, 6.45) is 6.28. The molecule has 1 nitrogen and oxygen atoms in total. The molecule has 1 unspecified atom stereocenters. The van der Waals surface area contributed by atoms with Crippen LogP contribution in [0.15, 0.2) is 224 Å². The zero-order valence-corrected chi connectivity index (χ0v) is 33.3. The van der Waals surface area contributed by atoms with Crippen LogP contribution in [-0.4, -0.2) is 0 Å². The van der Waals surface area contributed by atoms with Gasteiger partial charge in [-0.2, -0.15) is 0 Å². The molecule has 2 aliphatic rings. The molecule has 0 fully saturated rings. The summed E-state index contributed by atoms with van der Waals surface area (Å²) in [5, 5.41) is 2.45. The number of anilines is 3. The zero-order chi connectivity index (χ0) is 39.4. The number of benzene rings is 8. The van der Waals surface area contributed by atoms with Crippen LogP contribution in [0.2, 0.25) is 0 Å². The van der Waals surface area contributed by atoms with Gasteiger partial charge in [-0.25, -0.2) is 0 Å². The Labute approximate surface area is 342 Å². The van der Waals surface area contributed by atoms with Gasteiger partial charge in [0.05, 0.1) is 11.1 Å². The predicted molar refractivity (Wildman–Crippen MR) is 246 cm³/mol. The van der Waals surface area contributed by atoms with E-state index in [1.165, 1.54) is 77.6 Å². The fourth-order valence-corrected chi connectivity index (χ4v) is 10.1. The number of hydrogen-bond acceptors (Lipinski definition) is 1. The summed E-state index contributed by atoms with van der Waals surface area (Å²) in [7, 11) is 0. The summed E-state index contributed by atoms with van der Waals surface area (Å²) < 4.78 is 0. The lowest BCUT2D eigenvalue weighted by Gasteiger charge is -2.47. The highest BCUT2D eigenvalue weighted by molar-refractivity contribution is 5.99. The monoisotopic (exact) mass is 743 g/mol. The first-order chi connectivity index (χ1) is 28.4. The number of para-hydroxylation sites is 1. The maximum Gasteiger partial charge on any atom is 0.0679 e. The molecule has 58 heavy (non-hydrogen) atoms. The van der Waals surface area contributed by atoms with Crippen LogP contribution >= 0.6 is 0 Å². The Bertz CT molecular complexity index is 2940. The van der Waals surface area contributed by atoms with Gasteiger partial charge in [-0.05, 0) is 122 Å². The van der Waals surface area contributed by atoms with E-state index < -0.39 is 5.41 Å². The highest BCUT2D eigenvalue weighted by atomic mass is 15.1. The lowest BCUT2D eigenvalue weighted by atomic mass is 9.55. The van der Waals surface area contributed by atoms with Crippen LogP contribution in [0.25, 0.3) is 44.2 Å². The molecule has 8 aromatic carbocycles. The van der Waals surface area contributed by atoms with Crippen LogP contribution in [0.4, 0.5) is 17.1 Å². The van der Waals surface area contributed by atoms with E-state index in [0.717, 1.165) is 17.1 Å². The number of nitrogens with zero attached hydrogens (tertiary/aromatic N) is 1. The van der Waals surface area contributed by atoms with E-state index in [1.54, 1.807) is 0 Å². The molecule has 0 bridgehead atoms. The molecule has 0 aliphatic heterocycles. The van der Waals surface area contributed by atoms with Crippen molar-refractivity contribution in [3.05, 3.63) is 246 Å². The number of fused-ring (bicyclic) bond motifs is 8. The van der Waals surface area contributed by atoms with Crippen molar-refractivity contribution >= 4 is 27.8 Å². The molecule has 0 radical (unpaired) electrons. The second-order valence-corrected chi connectivity index (χ2v) is 16.2. The third kappa shape index (κ3) is 5.38. The molecule has 1 heteroatoms. The largest absolute Gasteiger partial charge is 0.310 e. The smallest absolute Gasteiger partial charge is 0.0679 e. The van der Waals surface area contributed by atoms with E-state index >= 15 is 0 Å². The Morgan fingerprint density at radius 1 is 0.483 bits per heavy atom. The van der Waals surface area contributed by atoms with Crippen molar-refractivity contribution in [2.24, 2.45) is 0 Å². The summed E-state index contributed by atoms with van der Waals surface area (Å²) in [5.41, 5.74) is 18.4. The molecule has 0 aromatic heterocycles. The molecule has 1 spiro atoms. The van der Waals surface area contributed by atoms with Gasteiger partial charge in [-0.15, -0.1) is 0 Å². The minimum atomic E-state index is -0.420. The molecule has 0 heterocycles. The van der Waals surface area contributed by atoms with Crippen LogP contribution in [0.1, 0.15) is 43.0 Å². The second-order valence-electron chi connectivity index (χ2n) is 16.2. The molecular weight excluding hydrogens is 699 g/mol. The van der Waals surface area contributed by atoms with Crippen molar-refractivity contribution in [2.75, 3.05) is 4.90 Å². The molecule has 0 saturated heterocycles. The van der Waals surface area contributed by atoms with Gasteiger partial charge in [-0.3, -0.25) is 0 Å². The fraction of sp³-hybridized carbons (Fsp3) is 0.0877. The quantitative estimate of drug-likeness (QED) is 0.147. The standard InChI is InChI=1S/C57H45N/c1-5-6-26-50-39(2)57(53-29-15-14-28-52(53)56(50,3)4)51-27-13-12-25-48(51)49-36-33-44(38-54(49)57)43-21-16-20-42(37-43)40-31-34-46(35-32-40)58(45-22-8-7-9-23-45)55-30-17-19-41-18-10-11-24-47(41)55/h5-38H,1H2,2-4H3/b26-6-. The third-order valence-electron chi connectivity index (χ3n) is 12.8. The lowest BCUT2D eigenvalue weighted by molar-refractivity contribution is 0.558. The Kier molecular flexibility index (Phi) is 8.50. The number of hydrogen-bond donors (Lipinski definition) is 0. The van der Waals surface area contributed by atoms with E-state index in [4.69, 9.17) is 0 Å². The van der Waals surface area contributed by atoms with Gasteiger partial charge in [-0.1, -0.05) is 184 Å². The highest BCUT2D eigenvalue weighted by Gasteiger charge is 2.52. The average Bonchev–Trinajstić information content (AvgIpc) is 3.57. The van der Waals surface area contributed by atoms with Crippen molar-refractivity contribution in [3.8, 4) is 33.4 Å². The van der Waals surface area contributed by atoms with Crippen LogP contribution in [0.3, 0.4) is 0 Å². The first-order valence-corrected chi connectivity index (χ1v) is 20.3. The normalized spacial score (nSPS) is 16.3. The molecule has 0 amide bonds. The van der Waals surface area contributed by atoms with Crippen molar-refractivity contribution in [1.29, 1.82) is 0 Å². The minimum absolute atomic E-state index is 0.169. The number of allylic oxidation sites excluding steroid dienone is 5. The lowest BCUT2D eigenvalue weighted by Crippen LogP contribution is -2.40. The SMILES string of the molecule is C=C/C=C\C1=C(C)C2(c3ccccc3-c3ccc(-c4cccc(-c5ccc(N(c6ccccc6)c6cccc7ccccc67)cc5)c4)cc32)c2ccccc2C1(C)C. The van der Waals surface area contributed by atoms with E-state index in [9.17, 15) is 0 Å². The van der Waals surface area contributed by atoms with Gasteiger partial charge in [0.25, 0.3) is 0 Å². The van der Waals surface area contributed by atoms with Crippen LogP contribution in [0.5, 0.6) is 0 Å². The van der Waals surface area contributed by atoms with E-state index in [1.807, 2.05) is 6.08 Å². The van der Waals surface area contributed by atoms with Crippen molar-refractivity contribution in [1.82, 2.24) is 0 Å². The Morgan fingerprint density at radius 3 is 1.86 bits per heavy atom. The maximum atomic E-state index is 4.03. The Morgan fingerprint density at radius 2 is 1.07 bits per heavy atom. The first kappa shape index (κ1) is 35.5. The van der Waals surface area contributed by atoms with Gasteiger partial charge < -0.3 is 4.90 Å². The molecule has 2 aliphatic carbocycles. The molecule has 1 atom stereocenters. The highest BCUT2D eigenvalue weighted by Crippen LogP contribution is 2.62. The number of rotatable bonds is 7. The second kappa shape index (κ2) is 13.9. The molecule has 8 aromatic rings. The minimum Gasteiger partial charge on any atom is -0.310 e. The molecular formula is C57H45N. The first-order valence-electron chi connectivity index (χ1n) is 20.3. The Balaban J connectivity index is 1.08. The molecule has 10 rings (SSSR count). The maximum absolute atomic E-state index is 4.03. The third-order valence-corrected chi connectivity index (χ3v) is 12.8. The fourth-order valence-electron chi connectivity index (χ4n) is 10.1. The topological polar surface area (TPSA) is 3.24 Å². The summed E-state index contributed by atoms with van der Waals surface area (Å²) in [5.74, 6) is 0. The summed E-state index contributed by atoms with van der Waals surface area (Å²) in [4.78, 5) is 2.36. The average molecular weight is 744 g/mol. The van der Waals surface area contributed by atoms with Crippen molar-refractivity contribution in [3.63, 3.8) is 0 Å². The van der Waals surface area contributed by atoms with Gasteiger partial charge in [0, 0.05) is 22.2 Å². The van der Waals surface area contributed by atoms with E-state index in [2.05, 4.69) is 232 Å². The van der Waals surface area contributed by atoms with Crippen LogP contribution in [-0.2, 0) is 10.8 Å². The summed E-state index contributed by atoms with van der Waals surface area (Å²) >= 11 is 0. The van der Waals surface area contributed by atoms with Gasteiger partial charge >= 0.3 is 0 Å². The van der Waals surface area contributed by atoms with Gasteiger partial charge in [0.15, 0.2) is 0 Å². The Hall–Kier alpha value is -6.96. The van der Waals surface area contributed by atoms with Gasteiger partial charge in [0.2, 0.25) is 0 Å². The summed E-state index contributed by atoms with van der Waals surface area (Å²) in [6, 6.07) is 69.2. The van der Waals surface area contributed by atoms with Gasteiger partial charge in [0.1, 0.15) is 0 Å². The van der Waals surface area contributed by atoms with E-state index in [-0.39, 0.29) is 5.41 Å². The molecule has 0 N–H and O–H groups in total. The van der Waals surface area contributed by atoms with Crippen molar-refractivity contribution < 1.29 is 0 Å². The van der Waals surface area contributed by atoms with E-state index in [0.29, 0.717) is 0 Å². The van der Waals surface area contributed by atoms with Crippen molar-refractivity contribution in [2.45, 2.75) is 31.6 Å². The molecule has 0 saturated carbocycles. The molecule has 278 valence electrons. The summed E-state index contributed by atoms with van der Waals surface area (Å²) in [6.45, 7) is 11.1. The van der Waals surface area contributed by atoms with Crippen LogP contribution in [0, 0.1) is 0 Å². The zero-order valence-electron chi connectivity index (χ0n) is 33.3. The van der Waals surface area contributed by atoms with Crippen LogP contribution < -0.4 is 4.90 Å². The predicted octanol–water partition coefficient (Wildman–Crippen LogP) is 15.3.